The molecule has 0 spiro atoms. The molecular weight excluding hydrogens is 320 g/mol. The average Bonchev–Trinajstić information content (AvgIpc) is 2.96. The minimum absolute atomic E-state index is 0.0115. The van der Waals surface area contributed by atoms with Crippen LogP contribution >= 0.6 is 11.8 Å². The maximum absolute atomic E-state index is 12.0. The summed E-state index contributed by atoms with van der Waals surface area (Å²) >= 11 is 2.01. The third-order valence-electron chi connectivity index (χ3n) is 3.99. The highest BCUT2D eigenvalue weighted by atomic mass is 32.2. The van der Waals surface area contributed by atoms with Crippen LogP contribution in [0, 0.1) is 0 Å². The van der Waals surface area contributed by atoms with Crippen molar-refractivity contribution < 1.29 is 12.8 Å². The topological polar surface area (TPSA) is 62.6 Å². The van der Waals surface area contributed by atoms with Crippen LogP contribution in [0.5, 0.6) is 0 Å². The normalized spacial score (nSPS) is 23.1. The molecule has 0 radical (unpaired) electrons. The summed E-state index contributed by atoms with van der Waals surface area (Å²) in [5, 5.41) is 4.21. The summed E-state index contributed by atoms with van der Waals surface area (Å²) in [5.41, 5.74) is 0. The second-order valence-electron chi connectivity index (χ2n) is 5.77. The Labute approximate surface area is 137 Å². The average molecular weight is 347 g/mol. The van der Waals surface area contributed by atoms with Crippen LogP contribution in [0.1, 0.15) is 38.4 Å². The van der Waals surface area contributed by atoms with Crippen LogP contribution in [0.25, 0.3) is 0 Å². The number of nitrogens with zero attached hydrogens (tertiary/aromatic N) is 1. The van der Waals surface area contributed by atoms with Crippen molar-refractivity contribution >= 4 is 21.8 Å². The van der Waals surface area contributed by atoms with Crippen LogP contribution in [0.4, 0.5) is 0 Å². The molecule has 2 rings (SSSR count). The molecule has 2 unspecified atom stereocenters. The van der Waals surface area contributed by atoms with Crippen LogP contribution in [0.3, 0.4) is 0 Å². The number of rotatable bonds is 7. The van der Waals surface area contributed by atoms with Gasteiger partial charge >= 0.3 is 0 Å². The van der Waals surface area contributed by atoms with E-state index >= 15 is 0 Å². The number of nitrogens with one attached hydrogen (secondary N) is 1. The van der Waals surface area contributed by atoms with Gasteiger partial charge in [-0.25, -0.2) is 12.7 Å². The zero-order valence-electron chi connectivity index (χ0n) is 13.5. The number of furan rings is 1. The van der Waals surface area contributed by atoms with E-state index < -0.39 is 10.0 Å². The predicted octanol–water partition coefficient (Wildman–Crippen LogP) is 2.68. The zero-order valence-corrected chi connectivity index (χ0v) is 15.2. The van der Waals surface area contributed by atoms with E-state index in [0.29, 0.717) is 23.6 Å². The zero-order chi connectivity index (χ0) is 16.2. The Morgan fingerprint density at radius 2 is 2.05 bits per heavy atom. The summed E-state index contributed by atoms with van der Waals surface area (Å²) in [6.45, 7) is 2.77. The lowest BCUT2D eigenvalue weighted by Crippen LogP contribution is -2.40. The first-order valence-electron chi connectivity index (χ1n) is 7.81. The molecule has 126 valence electrons. The van der Waals surface area contributed by atoms with E-state index in [1.807, 2.05) is 11.8 Å². The number of thioether (sulfide) groups is 1. The molecule has 0 aliphatic heterocycles. The first kappa shape index (κ1) is 17.8. The monoisotopic (exact) mass is 346 g/mol. The van der Waals surface area contributed by atoms with Crippen molar-refractivity contribution in [2.24, 2.45) is 0 Å². The molecule has 1 N–H and O–H groups in total. The Morgan fingerprint density at radius 1 is 1.32 bits per heavy atom. The highest BCUT2D eigenvalue weighted by Gasteiger charge is 2.25. The summed E-state index contributed by atoms with van der Waals surface area (Å²) in [5.74, 6) is 1.81. The summed E-state index contributed by atoms with van der Waals surface area (Å²) in [6.07, 6.45) is 5.01. The van der Waals surface area contributed by atoms with Crippen molar-refractivity contribution in [3.05, 3.63) is 17.9 Å². The number of hydrogen-bond acceptors (Lipinski definition) is 5. The summed E-state index contributed by atoms with van der Waals surface area (Å²) < 4.78 is 30.7. The molecule has 1 heterocycles. The molecule has 7 heteroatoms. The summed E-state index contributed by atoms with van der Waals surface area (Å²) in [4.78, 5) is 0. The minimum Gasteiger partial charge on any atom is -0.447 e. The lowest BCUT2D eigenvalue weighted by Gasteiger charge is -2.31. The molecule has 0 saturated heterocycles. The van der Waals surface area contributed by atoms with Gasteiger partial charge in [0.15, 0.2) is 0 Å². The van der Waals surface area contributed by atoms with Gasteiger partial charge in [-0.15, -0.1) is 0 Å². The first-order valence-corrected chi connectivity index (χ1v) is 10.3. The van der Waals surface area contributed by atoms with Gasteiger partial charge in [0.05, 0.1) is 6.54 Å². The molecule has 0 aromatic carbocycles. The standard InChI is InChI=1S/C15H26N2O3S2/c1-4-21-14-8-6-5-7-13(14)16-11-12-9-10-15(20-12)22(18,19)17(2)3/h9-10,13-14,16H,4-8,11H2,1-3H3. The van der Waals surface area contributed by atoms with E-state index in [9.17, 15) is 8.42 Å². The quantitative estimate of drug-likeness (QED) is 0.822. The molecule has 1 aliphatic carbocycles. The fraction of sp³-hybridized carbons (Fsp3) is 0.733. The van der Waals surface area contributed by atoms with Crippen molar-refractivity contribution in [1.82, 2.24) is 9.62 Å². The largest absolute Gasteiger partial charge is 0.447 e. The lowest BCUT2D eigenvalue weighted by molar-refractivity contribution is 0.346. The number of hydrogen-bond donors (Lipinski definition) is 1. The Kier molecular flexibility index (Phi) is 6.37. The van der Waals surface area contributed by atoms with Crippen LogP contribution in [-0.4, -0.2) is 43.9 Å². The fourth-order valence-corrected chi connectivity index (χ4v) is 4.79. The Hall–Kier alpha value is -0.500. The summed E-state index contributed by atoms with van der Waals surface area (Å²) in [6, 6.07) is 3.76. The van der Waals surface area contributed by atoms with E-state index in [2.05, 4.69) is 12.2 Å². The van der Waals surface area contributed by atoms with Crippen molar-refractivity contribution in [3.63, 3.8) is 0 Å². The predicted molar refractivity (Wildman–Crippen MR) is 90.6 cm³/mol. The third kappa shape index (κ3) is 4.28. The van der Waals surface area contributed by atoms with Gasteiger partial charge in [-0.2, -0.15) is 11.8 Å². The van der Waals surface area contributed by atoms with Crippen LogP contribution < -0.4 is 5.32 Å². The molecule has 0 amide bonds. The third-order valence-corrected chi connectivity index (χ3v) is 7.01. The van der Waals surface area contributed by atoms with Gasteiger partial charge in [0.2, 0.25) is 5.09 Å². The van der Waals surface area contributed by atoms with Gasteiger partial charge in [-0.1, -0.05) is 19.8 Å². The molecule has 0 bridgehead atoms. The van der Waals surface area contributed by atoms with Gasteiger partial charge in [0, 0.05) is 25.4 Å². The van der Waals surface area contributed by atoms with E-state index in [1.165, 1.54) is 45.8 Å². The van der Waals surface area contributed by atoms with Gasteiger partial charge in [0.1, 0.15) is 5.76 Å². The van der Waals surface area contributed by atoms with Gasteiger partial charge < -0.3 is 9.73 Å². The minimum atomic E-state index is -3.48. The van der Waals surface area contributed by atoms with Crippen molar-refractivity contribution in [2.75, 3.05) is 19.8 Å². The smallest absolute Gasteiger partial charge is 0.275 e. The number of sulfonamides is 1. The Bertz CT molecular complexity index is 567. The molecule has 1 aromatic rings. The van der Waals surface area contributed by atoms with E-state index in [1.54, 1.807) is 6.07 Å². The molecule has 1 aliphatic rings. The second kappa shape index (κ2) is 7.86. The summed E-state index contributed by atoms with van der Waals surface area (Å²) in [7, 11) is -0.475. The van der Waals surface area contributed by atoms with Gasteiger partial charge in [0.25, 0.3) is 10.0 Å². The van der Waals surface area contributed by atoms with Crippen molar-refractivity contribution in [2.45, 2.75) is 55.5 Å². The van der Waals surface area contributed by atoms with Crippen molar-refractivity contribution in [1.29, 1.82) is 0 Å². The molecule has 2 atom stereocenters. The second-order valence-corrected chi connectivity index (χ2v) is 9.37. The molecule has 1 fully saturated rings. The molecule has 5 nitrogen and oxygen atoms in total. The SMILES string of the molecule is CCSC1CCCCC1NCc1ccc(S(=O)(=O)N(C)C)o1. The maximum atomic E-state index is 12.0. The highest BCUT2D eigenvalue weighted by Crippen LogP contribution is 2.29. The fourth-order valence-electron chi connectivity index (χ4n) is 2.75. The molecule has 1 saturated carbocycles. The Morgan fingerprint density at radius 3 is 2.73 bits per heavy atom. The van der Waals surface area contributed by atoms with Crippen LogP contribution in [0.15, 0.2) is 21.6 Å². The maximum Gasteiger partial charge on any atom is 0.275 e. The molecular formula is C15H26N2O3S2. The van der Waals surface area contributed by atoms with E-state index in [4.69, 9.17) is 4.42 Å². The van der Waals surface area contributed by atoms with E-state index in [-0.39, 0.29) is 5.09 Å². The van der Waals surface area contributed by atoms with E-state index in [0.717, 1.165) is 10.1 Å². The van der Waals surface area contributed by atoms with Gasteiger partial charge in [-0.05, 0) is 30.7 Å². The van der Waals surface area contributed by atoms with Gasteiger partial charge in [-0.3, -0.25) is 0 Å². The highest BCUT2D eigenvalue weighted by molar-refractivity contribution is 7.99. The Balaban J connectivity index is 1.96. The van der Waals surface area contributed by atoms with Crippen molar-refractivity contribution in [3.8, 4) is 0 Å². The first-order chi connectivity index (χ1) is 10.4. The van der Waals surface area contributed by atoms with Crippen LogP contribution in [-0.2, 0) is 16.6 Å². The molecule has 22 heavy (non-hydrogen) atoms. The van der Waals surface area contributed by atoms with Crippen LogP contribution in [0.2, 0.25) is 0 Å². The molecule has 1 aromatic heterocycles. The lowest BCUT2D eigenvalue weighted by atomic mass is 9.95.